The van der Waals surface area contributed by atoms with Crippen LogP contribution in [0, 0.1) is 0 Å². The molecule has 0 saturated carbocycles. The first-order valence-electron chi connectivity index (χ1n) is 5.41. The molecule has 0 atom stereocenters. The molecule has 18 heavy (non-hydrogen) atoms. The average Bonchev–Trinajstić information content (AvgIpc) is 2.90. The van der Waals surface area contributed by atoms with Crippen molar-refractivity contribution in [1.82, 2.24) is 15.0 Å². The molecule has 0 amide bonds. The summed E-state index contributed by atoms with van der Waals surface area (Å²) in [5, 5.41) is 0. The van der Waals surface area contributed by atoms with Gasteiger partial charge in [0, 0.05) is 11.8 Å². The number of nitrogens with zero attached hydrogens (tertiary/aromatic N) is 3. The Balaban J connectivity index is 2.03. The molecule has 2 aromatic heterocycles. The maximum atomic E-state index is 5.75. The second-order valence-corrected chi connectivity index (χ2v) is 3.72. The van der Waals surface area contributed by atoms with Crippen molar-refractivity contribution in [3.8, 4) is 22.8 Å². The summed E-state index contributed by atoms with van der Waals surface area (Å²) in [4.78, 5) is 12.0. The maximum absolute atomic E-state index is 5.75. The molecule has 0 bridgehead atoms. The van der Waals surface area contributed by atoms with Crippen molar-refractivity contribution in [3.05, 3.63) is 49.1 Å². The zero-order valence-corrected chi connectivity index (χ0v) is 9.45. The molecule has 2 N–H and O–H groups in total. The first kappa shape index (κ1) is 10.5. The lowest BCUT2D eigenvalue weighted by Crippen LogP contribution is -1.94. The summed E-state index contributed by atoms with van der Waals surface area (Å²) in [5.74, 6) is 1.47. The number of nitrogens with two attached hydrogens (primary N) is 1. The molecule has 0 radical (unpaired) electrons. The number of oxazole rings is 1. The quantitative estimate of drug-likeness (QED) is 0.741. The minimum Gasteiger partial charge on any atom is -0.436 e. The summed E-state index contributed by atoms with van der Waals surface area (Å²) in [7, 11) is 0. The van der Waals surface area contributed by atoms with Gasteiger partial charge in [-0.05, 0) is 0 Å². The molecule has 88 valence electrons. The van der Waals surface area contributed by atoms with Crippen LogP contribution < -0.4 is 5.73 Å². The topological polar surface area (TPSA) is 77.8 Å². The lowest BCUT2D eigenvalue weighted by atomic mass is 10.2. The molecule has 0 spiro atoms. The van der Waals surface area contributed by atoms with E-state index in [-0.39, 0.29) is 0 Å². The minimum atomic E-state index is 0.353. The molecule has 1 aromatic carbocycles. The number of rotatable bonds is 2. The maximum Gasteiger partial charge on any atom is 0.232 e. The van der Waals surface area contributed by atoms with Gasteiger partial charge in [0.15, 0.2) is 5.76 Å². The van der Waals surface area contributed by atoms with Gasteiger partial charge in [-0.15, -0.1) is 0 Å². The van der Waals surface area contributed by atoms with Crippen LogP contribution in [-0.4, -0.2) is 15.0 Å². The van der Waals surface area contributed by atoms with Gasteiger partial charge in [0.1, 0.15) is 12.1 Å². The minimum absolute atomic E-state index is 0.353. The predicted octanol–water partition coefficient (Wildman–Crippen LogP) is 2.38. The number of nitrogen functional groups attached to an aromatic ring is 1. The molecule has 5 heteroatoms. The monoisotopic (exact) mass is 238 g/mol. The van der Waals surface area contributed by atoms with Crippen LogP contribution in [0.25, 0.3) is 22.8 Å². The van der Waals surface area contributed by atoms with E-state index in [1.54, 1.807) is 12.4 Å². The van der Waals surface area contributed by atoms with Crippen LogP contribution in [-0.2, 0) is 0 Å². The van der Waals surface area contributed by atoms with Gasteiger partial charge in [0.25, 0.3) is 0 Å². The summed E-state index contributed by atoms with van der Waals surface area (Å²) in [6.07, 6.45) is 4.64. The fourth-order valence-corrected chi connectivity index (χ4v) is 1.64. The second-order valence-electron chi connectivity index (χ2n) is 3.72. The largest absolute Gasteiger partial charge is 0.436 e. The van der Waals surface area contributed by atoms with Crippen molar-refractivity contribution in [2.75, 3.05) is 5.73 Å². The highest BCUT2D eigenvalue weighted by atomic mass is 16.4. The smallest absolute Gasteiger partial charge is 0.232 e. The molecule has 0 aliphatic heterocycles. The van der Waals surface area contributed by atoms with Gasteiger partial charge in [-0.3, -0.25) is 0 Å². The van der Waals surface area contributed by atoms with Crippen LogP contribution in [0.2, 0.25) is 0 Å². The SMILES string of the molecule is Nc1ncncc1-c1ncc(-c2ccccc2)o1. The van der Waals surface area contributed by atoms with E-state index in [1.807, 2.05) is 30.3 Å². The highest BCUT2D eigenvalue weighted by molar-refractivity contribution is 5.67. The number of aromatic nitrogens is 3. The van der Waals surface area contributed by atoms with E-state index in [0.717, 1.165) is 5.56 Å². The van der Waals surface area contributed by atoms with Crippen molar-refractivity contribution in [1.29, 1.82) is 0 Å². The summed E-state index contributed by atoms with van der Waals surface area (Å²) in [6, 6.07) is 9.74. The lowest BCUT2D eigenvalue weighted by Gasteiger charge is -1.98. The Hall–Kier alpha value is -2.69. The molecular weight excluding hydrogens is 228 g/mol. The number of anilines is 1. The van der Waals surface area contributed by atoms with E-state index in [0.29, 0.717) is 23.0 Å². The average molecular weight is 238 g/mol. The van der Waals surface area contributed by atoms with Crippen LogP contribution in [0.5, 0.6) is 0 Å². The fourth-order valence-electron chi connectivity index (χ4n) is 1.64. The Labute approximate surface area is 103 Å². The van der Waals surface area contributed by atoms with E-state index >= 15 is 0 Å². The summed E-state index contributed by atoms with van der Waals surface area (Å²) in [6.45, 7) is 0. The van der Waals surface area contributed by atoms with Crippen molar-refractivity contribution in [3.63, 3.8) is 0 Å². The van der Waals surface area contributed by atoms with Gasteiger partial charge in [-0.25, -0.2) is 15.0 Å². The molecule has 0 saturated heterocycles. The van der Waals surface area contributed by atoms with Gasteiger partial charge in [0.2, 0.25) is 5.89 Å². The van der Waals surface area contributed by atoms with Gasteiger partial charge in [-0.1, -0.05) is 30.3 Å². The first-order chi connectivity index (χ1) is 8.84. The Morgan fingerprint density at radius 2 is 1.83 bits per heavy atom. The molecule has 0 aliphatic rings. The summed E-state index contributed by atoms with van der Waals surface area (Å²) in [5.41, 5.74) is 7.31. The Bertz CT molecular complexity index is 664. The van der Waals surface area contributed by atoms with E-state index in [4.69, 9.17) is 10.2 Å². The molecule has 0 unspecified atom stereocenters. The van der Waals surface area contributed by atoms with E-state index < -0.39 is 0 Å². The highest BCUT2D eigenvalue weighted by Crippen LogP contribution is 2.27. The molecule has 5 nitrogen and oxygen atoms in total. The fraction of sp³-hybridized carbons (Fsp3) is 0. The normalized spacial score (nSPS) is 10.4. The zero-order chi connectivity index (χ0) is 12.4. The lowest BCUT2D eigenvalue weighted by molar-refractivity contribution is 0.588. The highest BCUT2D eigenvalue weighted by Gasteiger charge is 2.11. The van der Waals surface area contributed by atoms with Crippen LogP contribution in [0.15, 0.2) is 53.5 Å². The Morgan fingerprint density at radius 1 is 1.00 bits per heavy atom. The van der Waals surface area contributed by atoms with Crippen molar-refractivity contribution in [2.45, 2.75) is 0 Å². The van der Waals surface area contributed by atoms with Gasteiger partial charge in [-0.2, -0.15) is 0 Å². The van der Waals surface area contributed by atoms with Crippen LogP contribution >= 0.6 is 0 Å². The molecule has 0 aliphatic carbocycles. The van der Waals surface area contributed by atoms with Gasteiger partial charge >= 0.3 is 0 Å². The molecular formula is C13H10N4O. The van der Waals surface area contributed by atoms with Crippen LogP contribution in [0.1, 0.15) is 0 Å². The molecule has 0 fully saturated rings. The third-order valence-electron chi connectivity index (χ3n) is 2.54. The molecule has 2 heterocycles. The van der Waals surface area contributed by atoms with E-state index in [1.165, 1.54) is 6.33 Å². The van der Waals surface area contributed by atoms with Crippen LogP contribution in [0.4, 0.5) is 5.82 Å². The van der Waals surface area contributed by atoms with E-state index in [9.17, 15) is 0 Å². The standard InChI is InChI=1S/C13H10N4O/c14-12-10(6-15-8-17-12)13-16-7-11(18-13)9-4-2-1-3-5-9/h1-8H,(H2,14,15,17). The third kappa shape index (κ3) is 1.82. The van der Waals surface area contributed by atoms with Gasteiger partial charge in [0.05, 0.1) is 11.8 Å². The zero-order valence-electron chi connectivity index (χ0n) is 9.45. The number of benzene rings is 1. The summed E-state index contributed by atoms with van der Waals surface area (Å²) >= 11 is 0. The second kappa shape index (κ2) is 4.29. The van der Waals surface area contributed by atoms with E-state index in [2.05, 4.69) is 15.0 Å². The number of hydrogen-bond donors (Lipinski definition) is 1. The van der Waals surface area contributed by atoms with Gasteiger partial charge < -0.3 is 10.2 Å². The van der Waals surface area contributed by atoms with Crippen molar-refractivity contribution >= 4 is 5.82 Å². The summed E-state index contributed by atoms with van der Waals surface area (Å²) < 4.78 is 5.67. The predicted molar refractivity (Wildman–Crippen MR) is 67.4 cm³/mol. The molecule has 3 rings (SSSR count). The first-order valence-corrected chi connectivity index (χ1v) is 5.41. The third-order valence-corrected chi connectivity index (χ3v) is 2.54. The molecule has 3 aromatic rings. The van der Waals surface area contributed by atoms with Crippen molar-refractivity contribution < 1.29 is 4.42 Å². The Morgan fingerprint density at radius 3 is 2.61 bits per heavy atom. The van der Waals surface area contributed by atoms with Crippen LogP contribution in [0.3, 0.4) is 0 Å². The Kier molecular flexibility index (Phi) is 2.49. The van der Waals surface area contributed by atoms with Crippen molar-refractivity contribution in [2.24, 2.45) is 0 Å². The number of hydrogen-bond acceptors (Lipinski definition) is 5.